The zero-order chi connectivity index (χ0) is 38.3. The topological polar surface area (TPSA) is 36.8 Å². The van der Waals surface area contributed by atoms with Gasteiger partial charge in [-0.3, -0.25) is 0 Å². The van der Waals surface area contributed by atoms with E-state index in [1.54, 1.807) is 0 Å². The summed E-state index contributed by atoms with van der Waals surface area (Å²) in [7, 11) is 2.20. The molecule has 1 aromatic heterocycles. The second kappa shape index (κ2) is 14.6. The molecule has 7 aromatic rings. The average Bonchev–Trinajstić information content (AvgIpc) is 3.93. The van der Waals surface area contributed by atoms with Crippen LogP contribution in [0.2, 0.25) is 0 Å². The Kier molecular flexibility index (Phi) is 9.22. The molecule has 3 heterocycles. The third-order valence-corrected chi connectivity index (χ3v) is 11.2. The summed E-state index contributed by atoms with van der Waals surface area (Å²) in [5.41, 5.74) is 13.3. The number of benzene rings is 6. The normalized spacial score (nSPS) is 13.5. The molecule has 0 saturated heterocycles. The summed E-state index contributed by atoms with van der Waals surface area (Å²) in [5.74, 6) is 3.29. The highest BCUT2D eigenvalue weighted by Gasteiger charge is 2.38. The van der Waals surface area contributed by atoms with Crippen LogP contribution in [0.25, 0.3) is 33.6 Å². The van der Waals surface area contributed by atoms with E-state index in [1.165, 1.54) is 44.5 Å². The highest BCUT2D eigenvalue weighted by Crippen LogP contribution is 2.43. The van der Waals surface area contributed by atoms with Crippen LogP contribution in [-0.4, -0.2) is 30.2 Å². The Balaban J connectivity index is 0.997. The third kappa shape index (κ3) is 6.33. The van der Waals surface area contributed by atoms with Gasteiger partial charge in [-0.25, -0.2) is 4.98 Å². The molecule has 9 rings (SSSR count). The largest absolute Gasteiger partial charge is 0.457 e. The maximum atomic E-state index is 6.63. The fourth-order valence-electron chi connectivity index (χ4n) is 8.49. The molecule has 0 unspecified atom stereocenters. The van der Waals surface area contributed by atoms with Gasteiger partial charge >= 0.3 is 6.98 Å². The van der Waals surface area contributed by atoms with Crippen molar-refractivity contribution < 1.29 is 4.74 Å². The lowest BCUT2D eigenvalue weighted by Gasteiger charge is -2.37. The minimum Gasteiger partial charge on any atom is -0.457 e. The van der Waals surface area contributed by atoms with Gasteiger partial charge in [-0.05, 0) is 76.9 Å². The molecule has 56 heavy (non-hydrogen) atoms. The molecule has 0 saturated carbocycles. The molecule has 0 radical (unpaired) electrons. The van der Waals surface area contributed by atoms with Gasteiger partial charge in [0.15, 0.2) is 0 Å². The quantitative estimate of drug-likeness (QED) is 0.138. The standard InChI is InChI=1S/C49H46BN5O/c1-34(2)41-21-13-22-42(35(3)4)47(41)50-52(5)46-26-25-40(32-45(46)49-51-27-28-55(49)50)56-39-20-12-19-38(31-39)53-29-30-54(33-53)48-43(36-15-8-6-9-16-36)23-14-24-44(48)37-17-10-7-11-18-37/h6-32,34-35H,33H2,1-5H3. The predicted octanol–water partition coefficient (Wildman–Crippen LogP) is 11.4. The lowest BCUT2D eigenvalue weighted by molar-refractivity contribution is 0.483. The number of fused-ring (bicyclic) bond motifs is 3. The van der Waals surface area contributed by atoms with E-state index in [9.17, 15) is 0 Å². The van der Waals surface area contributed by atoms with Crippen molar-refractivity contribution in [2.75, 3.05) is 28.3 Å². The first kappa shape index (κ1) is 35.2. The molecule has 7 heteroatoms. The molecule has 2 aliphatic heterocycles. The minimum absolute atomic E-state index is 0.00374. The van der Waals surface area contributed by atoms with Crippen LogP contribution < -0.4 is 24.8 Å². The van der Waals surface area contributed by atoms with E-state index in [4.69, 9.17) is 9.72 Å². The molecule has 0 spiro atoms. The molecule has 0 aliphatic carbocycles. The monoisotopic (exact) mass is 731 g/mol. The summed E-state index contributed by atoms with van der Waals surface area (Å²) < 4.78 is 8.95. The number of anilines is 3. The molecule has 6 nitrogen and oxygen atoms in total. The number of nitrogens with zero attached hydrogens (tertiary/aromatic N) is 5. The van der Waals surface area contributed by atoms with Crippen molar-refractivity contribution >= 4 is 29.5 Å². The molecule has 0 bridgehead atoms. The first-order valence-corrected chi connectivity index (χ1v) is 19.6. The first-order chi connectivity index (χ1) is 27.4. The zero-order valence-electron chi connectivity index (χ0n) is 32.7. The van der Waals surface area contributed by atoms with Gasteiger partial charge in [-0.15, -0.1) is 0 Å². The fraction of sp³-hybridized carbons (Fsp3) is 0.163. The van der Waals surface area contributed by atoms with Crippen LogP contribution in [0.5, 0.6) is 11.5 Å². The Labute approximate surface area is 331 Å². The highest BCUT2D eigenvalue weighted by molar-refractivity contribution is 6.77. The molecule has 0 atom stereocenters. The number of para-hydroxylation sites is 1. The van der Waals surface area contributed by atoms with Crippen LogP contribution in [-0.2, 0) is 0 Å². The Morgan fingerprint density at radius 1 is 0.607 bits per heavy atom. The van der Waals surface area contributed by atoms with Crippen molar-refractivity contribution in [3.8, 4) is 45.1 Å². The van der Waals surface area contributed by atoms with E-state index in [0.29, 0.717) is 18.5 Å². The van der Waals surface area contributed by atoms with Crippen molar-refractivity contribution in [2.24, 2.45) is 0 Å². The second-order valence-electron chi connectivity index (χ2n) is 15.4. The summed E-state index contributed by atoms with van der Waals surface area (Å²) in [4.78, 5) is 11.9. The molecule has 0 N–H and O–H groups in total. The van der Waals surface area contributed by atoms with Crippen LogP contribution in [0, 0.1) is 0 Å². The molecular formula is C49H46BN5O. The van der Waals surface area contributed by atoms with Crippen molar-refractivity contribution in [1.82, 2.24) is 9.46 Å². The van der Waals surface area contributed by atoms with Gasteiger partial charge in [0, 0.05) is 58.9 Å². The number of hydrogen-bond donors (Lipinski definition) is 0. The Morgan fingerprint density at radius 3 is 1.88 bits per heavy atom. The van der Waals surface area contributed by atoms with Gasteiger partial charge in [-0.1, -0.05) is 131 Å². The van der Waals surface area contributed by atoms with E-state index >= 15 is 0 Å². The average molecular weight is 732 g/mol. The number of imidazole rings is 1. The van der Waals surface area contributed by atoms with Crippen molar-refractivity contribution in [3.05, 3.63) is 175 Å². The molecule has 0 amide bonds. The first-order valence-electron chi connectivity index (χ1n) is 19.6. The summed E-state index contributed by atoms with van der Waals surface area (Å²) >= 11 is 0. The van der Waals surface area contributed by atoms with Gasteiger partial charge in [0.25, 0.3) is 0 Å². The van der Waals surface area contributed by atoms with Crippen LogP contribution in [0.15, 0.2) is 164 Å². The lowest BCUT2D eigenvalue weighted by atomic mass is 9.58. The zero-order valence-corrected chi connectivity index (χ0v) is 32.7. The Morgan fingerprint density at radius 2 is 1.21 bits per heavy atom. The lowest BCUT2D eigenvalue weighted by Crippen LogP contribution is -2.56. The van der Waals surface area contributed by atoms with E-state index in [0.717, 1.165) is 34.3 Å². The van der Waals surface area contributed by atoms with E-state index in [-0.39, 0.29) is 6.98 Å². The minimum atomic E-state index is -0.00374. The smallest absolute Gasteiger partial charge is 0.417 e. The van der Waals surface area contributed by atoms with E-state index < -0.39 is 0 Å². The van der Waals surface area contributed by atoms with Crippen LogP contribution in [0.3, 0.4) is 0 Å². The Bertz CT molecular complexity index is 2460. The van der Waals surface area contributed by atoms with Gasteiger partial charge in [0.1, 0.15) is 17.3 Å². The van der Waals surface area contributed by atoms with Crippen molar-refractivity contribution in [1.29, 1.82) is 0 Å². The number of aromatic nitrogens is 2. The Hall–Kier alpha value is -6.47. The van der Waals surface area contributed by atoms with Gasteiger partial charge < -0.3 is 23.8 Å². The summed E-state index contributed by atoms with van der Waals surface area (Å²) in [5, 5.41) is 0. The van der Waals surface area contributed by atoms with Crippen molar-refractivity contribution in [3.63, 3.8) is 0 Å². The van der Waals surface area contributed by atoms with Crippen LogP contribution in [0.4, 0.5) is 17.1 Å². The van der Waals surface area contributed by atoms with Gasteiger partial charge in [-0.2, -0.15) is 0 Å². The highest BCUT2D eigenvalue weighted by atomic mass is 16.5. The molecule has 6 aromatic carbocycles. The fourth-order valence-corrected chi connectivity index (χ4v) is 8.49. The maximum Gasteiger partial charge on any atom is 0.417 e. The van der Waals surface area contributed by atoms with E-state index in [1.807, 2.05) is 12.3 Å². The summed E-state index contributed by atoms with van der Waals surface area (Å²) in [6, 6.07) is 49.4. The molecule has 0 fully saturated rings. The van der Waals surface area contributed by atoms with Crippen molar-refractivity contribution in [2.45, 2.75) is 39.5 Å². The predicted molar refractivity (Wildman–Crippen MR) is 234 cm³/mol. The number of hydrogen-bond acceptors (Lipinski definition) is 5. The summed E-state index contributed by atoms with van der Waals surface area (Å²) in [6.45, 7) is 9.81. The summed E-state index contributed by atoms with van der Waals surface area (Å²) in [6.07, 6.45) is 8.37. The van der Waals surface area contributed by atoms with E-state index in [2.05, 4.69) is 206 Å². The number of rotatable bonds is 9. The van der Waals surface area contributed by atoms with Gasteiger partial charge in [0.05, 0.1) is 12.4 Å². The number of ether oxygens (including phenoxy) is 1. The molecular weight excluding hydrogens is 685 g/mol. The van der Waals surface area contributed by atoms with Crippen LogP contribution in [0.1, 0.15) is 50.7 Å². The SMILES string of the molecule is CC(C)c1cccc(C(C)C)c1B1N(C)c2ccc(Oc3cccc(N4C=CN(c5c(-c6ccccc6)cccc5-c5ccccc5)C4)c3)cc2-c2nccn21. The third-order valence-electron chi connectivity index (χ3n) is 11.2. The van der Waals surface area contributed by atoms with Gasteiger partial charge in [0.2, 0.25) is 0 Å². The maximum absolute atomic E-state index is 6.63. The second-order valence-corrected chi connectivity index (χ2v) is 15.4. The molecule has 276 valence electrons. The molecule has 2 aliphatic rings. The van der Waals surface area contributed by atoms with Crippen LogP contribution >= 0.6 is 0 Å².